The normalized spacial score (nSPS) is 12.6. The quantitative estimate of drug-likeness (QED) is 0.673. The largest absolute Gasteiger partial charge is 0.469 e. The van der Waals surface area contributed by atoms with E-state index in [2.05, 4.69) is 46.5 Å². The molecule has 3 N–H and O–H groups in total. The molecule has 0 fully saturated rings. The first kappa shape index (κ1) is 12.4. The Morgan fingerprint density at radius 3 is 2.82 bits per heavy atom. The van der Waals surface area contributed by atoms with Crippen molar-refractivity contribution in [3.63, 3.8) is 0 Å². The second kappa shape index (κ2) is 5.49. The summed E-state index contributed by atoms with van der Waals surface area (Å²) in [6.45, 7) is 2.06. The summed E-state index contributed by atoms with van der Waals surface area (Å²) < 4.78 is 6.40. The Bertz CT molecular complexity index is 482. The van der Waals surface area contributed by atoms with Gasteiger partial charge in [0, 0.05) is 10.9 Å². The van der Waals surface area contributed by atoms with Gasteiger partial charge in [-0.25, -0.2) is 0 Å². The Hall–Kier alpha value is -1.10. The van der Waals surface area contributed by atoms with Gasteiger partial charge in [0.2, 0.25) is 0 Å². The second-order valence-corrected chi connectivity index (χ2v) is 4.88. The number of nitrogens with one attached hydrogen (secondary N) is 1. The van der Waals surface area contributed by atoms with E-state index in [-0.39, 0.29) is 6.04 Å². The molecular weight excluding hydrogens is 280 g/mol. The summed E-state index contributed by atoms with van der Waals surface area (Å²) in [7, 11) is 0. The SMILES string of the molecule is Cc1ccc(C(Cc2ccco2)NN)c(Br)c1. The zero-order valence-corrected chi connectivity index (χ0v) is 11.2. The smallest absolute Gasteiger partial charge is 0.105 e. The molecule has 2 rings (SSSR count). The molecule has 0 aliphatic carbocycles. The number of benzene rings is 1. The number of aryl methyl sites for hydroxylation is 1. The first-order chi connectivity index (χ1) is 8.20. The van der Waals surface area contributed by atoms with Gasteiger partial charge in [-0.15, -0.1) is 0 Å². The number of hydrogen-bond donors (Lipinski definition) is 2. The van der Waals surface area contributed by atoms with E-state index in [4.69, 9.17) is 10.3 Å². The summed E-state index contributed by atoms with van der Waals surface area (Å²) in [5, 5.41) is 0. The van der Waals surface area contributed by atoms with Crippen LogP contribution in [0.1, 0.15) is 22.9 Å². The fourth-order valence-electron chi connectivity index (χ4n) is 1.80. The van der Waals surface area contributed by atoms with Crippen molar-refractivity contribution in [3.05, 3.63) is 58.0 Å². The standard InChI is InChI=1S/C13H15BrN2O/c1-9-4-5-11(12(14)7-9)13(16-15)8-10-3-2-6-17-10/h2-7,13,16H,8,15H2,1H3. The predicted octanol–water partition coefficient (Wildman–Crippen LogP) is 3.10. The first-order valence-corrected chi connectivity index (χ1v) is 6.24. The Morgan fingerprint density at radius 1 is 1.41 bits per heavy atom. The number of furan rings is 1. The Labute approximate surface area is 109 Å². The van der Waals surface area contributed by atoms with Crippen LogP contribution in [0.2, 0.25) is 0 Å². The van der Waals surface area contributed by atoms with Gasteiger partial charge in [0.1, 0.15) is 5.76 Å². The van der Waals surface area contributed by atoms with Crippen LogP contribution in [0.15, 0.2) is 45.5 Å². The molecule has 0 saturated carbocycles. The highest BCUT2D eigenvalue weighted by Crippen LogP contribution is 2.26. The highest BCUT2D eigenvalue weighted by atomic mass is 79.9. The molecular formula is C13H15BrN2O. The predicted molar refractivity (Wildman–Crippen MR) is 71.4 cm³/mol. The van der Waals surface area contributed by atoms with Gasteiger partial charge in [-0.3, -0.25) is 11.3 Å². The van der Waals surface area contributed by atoms with Crippen molar-refractivity contribution in [2.24, 2.45) is 5.84 Å². The Kier molecular flexibility index (Phi) is 3.99. The van der Waals surface area contributed by atoms with Crippen LogP contribution >= 0.6 is 15.9 Å². The number of hydrazine groups is 1. The minimum atomic E-state index is 0.0381. The van der Waals surface area contributed by atoms with E-state index < -0.39 is 0 Å². The minimum absolute atomic E-state index is 0.0381. The fraction of sp³-hybridized carbons (Fsp3) is 0.231. The molecule has 1 aromatic carbocycles. The molecule has 0 amide bonds. The third kappa shape index (κ3) is 2.97. The molecule has 0 aliphatic rings. The van der Waals surface area contributed by atoms with E-state index in [1.54, 1.807) is 6.26 Å². The highest BCUT2D eigenvalue weighted by Gasteiger charge is 2.14. The maximum Gasteiger partial charge on any atom is 0.105 e. The minimum Gasteiger partial charge on any atom is -0.469 e. The summed E-state index contributed by atoms with van der Waals surface area (Å²) in [5.41, 5.74) is 5.18. The number of halogens is 1. The van der Waals surface area contributed by atoms with Crippen LogP contribution in [-0.2, 0) is 6.42 Å². The molecule has 0 bridgehead atoms. The summed E-state index contributed by atoms with van der Waals surface area (Å²) in [6, 6.07) is 10.1. The van der Waals surface area contributed by atoms with Crippen LogP contribution in [0.3, 0.4) is 0 Å². The maximum atomic E-state index is 5.62. The van der Waals surface area contributed by atoms with Crippen molar-refractivity contribution in [1.82, 2.24) is 5.43 Å². The zero-order valence-electron chi connectivity index (χ0n) is 9.61. The lowest BCUT2D eigenvalue weighted by atomic mass is 10.0. The highest BCUT2D eigenvalue weighted by molar-refractivity contribution is 9.10. The zero-order chi connectivity index (χ0) is 12.3. The topological polar surface area (TPSA) is 51.2 Å². The fourth-order valence-corrected chi connectivity index (χ4v) is 2.57. The second-order valence-electron chi connectivity index (χ2n) is 4.03. The van der Waals surface area contributed by atoms with E-state index in [1.165, 1.54) is 5.56 Å². The summed E-state index contributed by atoms with van der Waals surface area (Å²) >= 11 is 3.57. The lowest BCUT2D eigenvalue weighted by molar-refractivity contribution is 0.454. The molecule has 1 heterocycles. The third-order valence-electron chi connectivity index (χ3n) is 2.72. The van der Waals surface area contributed by atoms with Crippen molar-refractivity contribution in [1.29, 1.82) is 0 Å². The molecule has 0 aliphatic heterocycles. The average molecular weight is 295 g/mol. The van der Waals surface area contributed by atoms with Crippen LogP contribution in [0.25, 0.3) is 0 Å². The van der Waals surface area contributed by atoms with Gasteiger partial charge in [-0.05, 0) is 36.2 Å². The van der Waals surface area contributed by atoms with Gasteiger partial charge in [0.15, 0.2) is 0 Å². The maximum absolute atomic E-state index is 5.62. The van der Waals surface area contributed by atoms with E-state index in [9.17, 15) is 0 Å². The molecule has 1 atom stereocenters. The molecule has 90 valence electrons. The van der Waals surface area contributed by atoms with Crippen LogP contribution in [0, 0.1) is 6.92 Å². The first-order valence-electron chi connectivity index (χ1n) is 5.45. The number of hydrogen-bond acceptors (Lipinski definition) is 3. The molecule has 4 heteroatoms. The molecule has 1 unspecified atom stereocenters. The van der Waals surface area contributed by atoms with Crippen LogP contribution in [0.5, 0.6) is 0 Å². The third-order valence-corrected chi connectivity index (χ3v) is 3.40. The van der Waals surface area contributed by atoms with Gasteiger partial charge in [0.05, 0.1) is 12.3 Å². The van der Waals surface area contributed by atoms with Gasteiger partial charge in [-0.2, -0.15) is 0 Å². The molecule has 0 spiro atoms. The van der Waals surface area contributed by atoms with Gasteiger partial charge < -0.3 is 4.42 Å². The van der Waals surface area contributed by atoms with Crippen LogP contribution in [-0.4, -0.2) is 0 Å². The van der Waals surface area contributed by atoms with Gasteiger partial charge in [-0.1, -0.05) is 28.1 Å². The van der Waals surface area contributed by atoms with Crippen molar-refractivity contribution in [2.75, 3.05) is 0 Å². The van der Waals surface area contributed by atoms with Crippen molar-refractivity contribution < 1.29 is 4.42 Å². The number of nitrogens with two attached hydrogens (primary N) is 1. The molecule has 3 nitrogen and oxygen atoms in total. The lowest BCUT2D eigenvalue weighted by Crippen LogP contribution is -2.29. The van der Waals surface area contributed by atoms with Gasteiger partial charge >= 0.3 is 0 Å². The average Bonchev–Trinajstić information content (AvgIpc) is 2.79. The van der Waals surface area contributed by atoms with Crippen LogP contribution in [0.4, 0.5) is 0 Å². The summed E-state index contributed by atoms with van der Waals surface area (Å²) in [5.74, 6) is 6.53. The molecule has 0 saturated heterocycles. The van der Waals surface area contributed by atoms with E-state index >= 15 is 0 Å². The molecule has 17 heavy (non-hydrogen) atoms. The van der Waals surface area contributed by atoms with E-state index in [0.717, 1.165) is 22.2 Å². The van der Waals surface area contributed by atoms with Crippen molar-refractivity contribution in [3.8, 4) is 0 Å². The molecule has 1 aromatic heterocycles. The molecule has 0 radical (unpaired) electrons. The Balaban J connectivity index is 2.23. The van der Waals surface area contributed by atoms with Gasteiger partial charge in [0.25, 0.3) is 0 Å². The van der Waals surface area contributed by atoms with Crippen molar-refractivity contribution in [2.45, 2.75) is 19.4 Å². The summed E-state index contributed by atoms with van der Waals surface area (Å²) in [6.07, 6.45) is 2.40. The lowest BCUT2D eigenvalue weighted by Gasteiger charge is -2.17. The Morgan fingerprint density at radius 2 is 2.24 bits per heavy atom. The monoisotopic (exact) mass is 294 g/mol. The van der Waals surface area contributed by atoms with Crippen LogP contribution < -0.4 is 11.3 Å². The molecule has 2 aromatic rings. The summed E-state index contributed by atoms with van der Waals surface area (Å²) in [4.78, 5) is 0. The van der Waals surface area contributed by atoms with Crippen molar-refractivity contribution >= 4 is 15.9 Å². The van der Waals surface area contributed by atoms with E-state index in [0.29, 0.717) is 0 Å². The van der Waals surface area contributed by atoms with E-state index in [1.807, 2.05) is 12.1 Å². The number of rotatable bonds is 4.